The van der Waals surface area contributed by atoms with Crippen LogP contribution in [0.5, 0.6) is 5.75 Å². The molecule has 0 spiro atoms. The average Bonchev–Trinajstić information content (AvgIpc) is 2.58. The minimum Gasteiger partial charge on any atom is -0.508 e. The zero-order valence-electron chi connectivity index (χ0n) is 15.0. The van der Waals surface area contributed by atoms with Crippen LogP contribution in [0.25, 0.3) is 0 Å². The minimum atomic E-state index is -1.76. The topological polar surface area (TPSA) is 116 Å². The van der Waals surface area contributed by atoms with Gasteiger partial charge in [-0.15, -0.1) is 0 Å². The van der Waals surface area contributed by atoms with E-state index in [0.717, 1.165) is 0 Å². The fraction of sp³-hybridized carbons (Fsp3) is 0.632. The highest BCUT2D eigenvalue weighted by molar-refractivity contribution is 5.88. The number of hydrogen-bond donors (Lipinski definition) is 4. The van der Waals surface area contributed by atoms with Crippen LogP contribution in [0.3, 0.4) is 0 Å². The third-order valence-electron chi connectivity index (χ3n) is 5.47. The maximum atomic E-state index is 12.1. The number of phenols is 1. The lowest BCUT2D eigenvalue weighted by Crippen LogP contribution is -2.48. The molecule has 0 unspecified atom stereocenters. The molecule has 0 saturated carbocycles. The Hall–Kier alpha value is -1.51. The first kappa shape index (κ1) is 19.3. The molecule has 7 heteroatoms. The Balaban J connectivity index is 1.89. The summed E-state index contributed by atoms with van der Waals surface area (Å²) in [5.41, 5.74) is -0.633. The normalized spacial score (nSPS) is 37.2. The van der Waals surface area contributed by atoms with Gasteiger partial charge in [-0.2, -0.15) is 0 Å². The van der Waals surface area contributed by atoms with Crippen LogP contribution in [0.4, 0.5) is 0 Å². The molecule has 1 saturated heterocycles. The number of fused-ring (bicyclic) bond motifs is 1. The highest BCUT2D eigenvalue weighted by Crippen LogP contribution is 2.44. The number of ketones is 1. The van der Waals surface area contributed by atoms with Crippen molar-refractivity contribution in [3.8, 4) is 5.75 Å². The number of rotatable bonds is 4. The summed E-state index contributed by atoms with van der Waals surface area (Å²) >= 11 is 0. The Labute approximate surface area is 152 Å². The van der Waals surface area contributed by atoms with Gasteiger partial charge in [0.25, 0.3) is 0 Å². The summed E-state index contributed by atoms with van der Waals surface area (Å²) in [6, 6.07) is 4.89. The number of aliphatic hydroxyl groups is 3. The van der Waals surface area contributed by atoms with Gasteiger partial charge in [-0.3, -0.25) is 4.79 Å². The van der Waals surface area contributed by atoms with E-state index in [2.05, 4.69) is 0 Å². The maximum absolute atomic E-state index is 12.1. The lowest BCUT2D eigenvalue weighted by molar-refractivity contribution is -0.255. The molecule has 1 aliphatic carbocycles. The molecule has 0 bridgehead atoms. The number of benzene rings is 1. The SMILES string of the molecule is C[C@@H]1O[C@@H](O[C@H]2C[C@](O)(C(=O)CO)Cc3cccc(O)c32)C[C@H](C)[C@@H]1O. The van der Waals surface area contributed by atoms with E-state index in [-0.39, 0.29) is 24.5 Å². The van der Waals surface area contributed by atoms with Crippen LogP contribution in [0, 0.1) is 5.92 Å². The Morgan fingerprint density at radius 3 is 2.77 bits per heavy atom. The standard InChI is InChI=1S/C19H26O7/c1-10-6-16(25-11(2)18(10)23)26-14-8-19(24,15(22)9-20)7-12-4-3-5-13(21)17(12)14/h3-5,10-11,14,16,18,20-21,23-24H,6-9H2,1-2H3/t10-,11-,14-,16-,18-,19-/m0/s1. The number of aromatic hydroxyl groups is 1. The Bertz CT molecular complexity index is 664. The zero-order valence-corrected chi connectivity index (χ0v) is 15.0. The molecule has 6 atom stereocenters. The molecular weight excluding hydrogens is 340 g/mol. The summed E-state index contributed by atoms with van der Waals surface area (Å²) in [6.07, 6.45) is -2.01. The molecule has 0 amide bonds. The second kappa shape index (κ2) is 7.25. The van der Waals surface area contributed by atoms with Crippen LogP contribution in [0.2, 0.25) is 0 Å². The molecule has 1 heterocycles. The molecule has 0 aromatic heterocycles. The highest BCUT2D eigenvalue weighted by atomic mass is 16.7. The Kier molecular flexibility index (Phi) is 5.37. The predicted octanol–water partition coefficient (Wildman–Crippen LogP) is 0.820. The first-order chi connectivity index (χ1) is 12.2. The van der Waals surface area contributed by atoms with E-state index >= 15 is 0 Å². The summed E-state index contributed by atoms with van der Waals surface area (Å²) in [5.74, 6) is -0.682. The van der Waals surface area contributed by atoms with Gasteiger partial charge in [-0.05, 0) is 24.5 Å². The predicted molar refractivity (Wildman–Crippen MR) is 91.4 cm³/mol. The van der Waals surface area contributed by atoms with Gasteiger partial charge in [0.1, 0.15) is 18.0 Å². The molecule has 7 nitrogen and oxygen atoms in total. The molecule has 0 radical (unpaired) electrons. The molecule has 3 rings (SSSR count). The van der Waals surface area contributed by atoms with Crippen molar-refractivity contribution in [3.63, 3.8) is 0 Å². The average molecular weight is 366 g/mol. The number of carbonyl (C=O) groups is 1. The monoisotopic (exact) mass is 366 g/mol. The van der Waals surface area contributed by atoms with Gasteiger partial charge in [0.05, 0.1) is 18.3 Å². The Morgan fingerprint density at radius 2 is 2.12 bits per heavy atom. The quantitative estimate of drug-likeness (QED) is 0.623. The first-order valence-electron chi connectivity index (χ1n) is 8.91. The largest absolute Gasteiger partial charge is 0.508 e. The smallest absolute Gasteiger partial charge is 0.190 e. The van der Waals surface area contributed by atoms with E-state index in [4.69, 9.17) is 9.47 Å². The second-order valence-electron chi connectivity index (χ2n) is 7.44. The molecule has 26 heavy (non-hydrogen) atoms. The van der Waals surface area contributed by atoms with Crippen molar-refractivity contribution in [2.24, 2.45) is 5.92 Å². The van der Waals surface area contributed by atoms with E-state index in [1.54, 1.807) is 19.1 Å². The molecule has 144 valence electrons. The van der Waals surface area contributed by atoms with Crippen molar-refractivity contribution in [2.45, 2.75) is 63.3 Å². The van der Waals surface area contributed by atoms with Crippen molar-refractivity contribution >= 4 is 5.78 Å². The lowest BCUT2D eigenvalue weighted by atomic mass is 9.76. The number of Topliss-reactive ketones (excluding diaryl/α,β-unsaturated/α-hetero) is 1. The van der Waals surface area contributed by atoms with E-state index in [9.17, 15) is 25.2 Å². The van der Waals surface area contributed by atoms with Crippen LogP contribution in [0.1, 0.15) is 43.9 Å². The van der Waals surface area contributed by atoms with Crippen LogP contribution in [0.15, 0.2) is 18.2 Å². The van der Waals surface area contributed by atoms with Gasteiger partial charge in [-0.1, -0.05) is 19.1 Å². The minimum absolute atomic E-state index is 0.00697. The highest BCUT2D eigenvalue weighted by Gasteiger charge is 2.45. The second-order valence-corrected chi connectivity index (χ2v) is 7.44. The van der Waals surface area contributed by atoms with E-state index in [0.29, 0.717) is 17.5 Å². The van der Waals surface area contributed by atoms with E-state index in [1.165, 1.54) is 6.07 Å². The van der Waals surface area contributed by atoms with E-state index < -0.39 is 42.6 Å². The zero-order chi connectivity index (χ0) is 19.1. The van der Waals surface area contributed by atoms with Crippen LogP contribution >= 0.6 is 0 Å². The number of carbonyl (C=O) groups excluding carboxylic acids is 1. The lowest BCUT2D eigenvalue weighted by Gasteiger charge is -2.41. The summed E-state index contributed by atoms with van der Waals surface area (Å²) in [7, 11) is 0. The van der Waals surface area contributed by atoms with Gasteiger partial charge < -0.3 is 29.9 Å². The molecule has 1 aromatic carbocycles. The van der Waals surface area contributed by atoms with Crippen molar-refractivity contribution in [3.05, 3.63) is 29.3 Å². The number of ether oxygens (including phenoxy) is 2. The third kappa shape index (κ3) is 3.50. The van der Waals surface area contributed by atoms with Crippen LogP contribution in [-0.2, 0) is 20.7 Å². The maximum Gasteiger partial charge on any atom is 0.190 e. The summed E-state index contributed by atoms with van der Waals surface area (Å²) < 4.78 is 11.7. The number of aliphatic hydroxyl groups excluding tert-OH is 2. The first-order valence-corrected chi connectivity index (χ1v) is 8.91. The van der Waals surface area contributed by atoms with Gasteiger partial charge >= 0.3 is 0 Å². The van der Waals surface area contributed by atoms with Crippen molar-refractivity contribution in [2.75, 3.05) is 6.61 Å². The molecule has 1 fully saturated rings. The molecule has 1 aliphatic heterocycles. The number of hydrogen-bond acceptors (Lipinski definition) is 7. The molecule has 4 N–H and O–H groups in total. The van der Waals surface area contributed by atoms with Gasteiger partial charge in [0.15, 0.2) is 12.1 Å². The molecular formula is C19H26O7. The van der Waals surface area contributed by atoms with Crippen molar-refractivity contribution in [1.29, 1.82) is 0 Å². The summed E-state index contributed by atoms with van der Waals surface area (Å²) in [4.78, 5) is 12.1. The van der Waals surface area contributed by atoms with Crippen molar-refractivity contribution < 1.29 is 34.7 Å². The third-order valence-corrected chi connectivity index (χ3v) is 5.47. The molecule has 2 aliphatic rings. The van der Waals surface area contributed by atoms with Crippen molar-refractivity contribution in [1.82, 2.24) is 0 Å². The van der Waals surface area contributed by atoms with Crippen LogP contribution < -0.4 is 0 Å². The van der Waals surface area contributed by atoms with Gasteiger partial charge in [0.2, 0.25) is 0 Å². The molecule has 1 aromatic rings. The fourth-order valence-corrected chi connectivity index (χ4v) is 3.95. The Morgan fingerprint density at radius 1 is 1.38 bits per heavy atom. The summed E-state index contributed by atoms with van der Waals surface area (Å²) in [6.45, 7) is 2.89. The fourth-order valence-electron chi connectivity index (χ4n) is 3.95. The van der Waals surface area contributed by atoms with Crippen LogP contribution in [-0.4, -0.2) is 56.9 Å². The van der Waals surface area contributed by atoms with Gasteiger partial charge in [-0.25, -0.2) is 0 Å². The van der Waals surface area contributed by atoms with E-state index in [1.807, 2.05) is 6.92 Å². The van der Waals surface area contributed by atoms with Gasteiger partial charge in [0, 0.05) is 24.8 Å². The number of phenolic OH excluding ortho intramolecular Hbond substituents is 1. The summed E-state index contributed by atoms with van der Waals surface area (Å²) in [5, 5.41) is 40.3.